The predicted octanol–water partition coefficient (Wildman–Crippen LogP) is 0.865. The fraction of sp³-hybridized carbons (Fsp3) is 0.111. The molecular weight excluding hydrogens is 183 g/mol. The average Bonchev–Trinajstić information content (AvgIpc) is 2.70. The number of nitrogens with zero attached hydrogens (tertiary/aromatic N) is 3. The summed E-state index contributed by atoms with van der Waals surface area (Å²) in [4.78, 5) is 3.79. The van der Waals surface area contributed by atoms with Crippen molar-refractivity contribution in [2.75, 3.05) is 0 Å². The maximum Gasteiger partial charge on any atom is 0.138 e. The minimum atomic E-state index is -0.312. The number of nitrogens with two attached hydrogens (primary N) is 1. The van der Waals surface area contributed by atoms with E-state index in [4.69, 9.17) is 5.73 Å². The van der Waals surface area contributed by atoms with Gasteiger partial charge in [-0.15, -0.1) is 0 Å². The van der Waals surface area contributed by atoms with Crippen LogP contribution in [0.4, 0.5) is 4.39 Å². The lowest BCUT2D eigenvalue weighted by molar-refractivity contribution is 0.624. The summed E-state index contributed by atoms with van der Waals surface area (Å²) in [5.41, 5.74) is 6.98. The van der Waals surface area contributed by atoms with Crippen molar-refractivity contribution in [3.63, 3.8) is 0 Å². The molecule has 0 spiro atoms. The zero-order valence-electron chi connectivity index (χ0n) is 7.39. The van der Waals surface area contributed by atoms with Gasteiger partial charge in [-0.3, -0.25) is 0 Å². The first-order valence-electron chi connectivity index (χ1n) is 4.15. The van der Waals surface area contributed by atoms with Crippen molar-refractivity contribution >= 4 is 0 Å². The van der Waals surface area contributed by atoms with Crippen molar-refractivity contribution in [2.45, 2.75) is 6.54 Å². The molecule has 0 aliphatic carbocycles. The van der Waals surface area contributed by atoms with Gasteiger partial charge in [-0.25, -0.2) is 14.1 Å². The maximum atomic E-state index is 13.0. The van der Waals surface area contributed by atoms with Crippen molar-refractivity contribution in [3.05, 3.63) is 42.2 Å². The third-order valence-corrected chi connectivity index (χ3v) is 1.93. The first-order valence-corrected chi connectivity index (χ1v) is 4.15. The Morgan fingerprint density at radius 2 is 2.29 bits per heavy atom. The highest BCUT2D eigenvalue weighted by molar-refractivity contribution is 5.40. The lowest BCUT2D eigenvalue weighted by atomic mass is 10.2. The average molecular weight is 192 g/mol. The molecule has 5 heteroatoms. The van der Waals surface area contributed by atoms with Gasteiger partial charge in [-0.05, 0) is 17.7 Å². The number of rotatable bonds is 2. The zero-order chi connectivity index (χ0) is 9.97. The molecule has 0 aliphatic heterocycles. The van der Waals surface area contributed by atoms with Crippen molar-refractivity contribution in [1.82, 2.24) is 14.8 Å². The van der Waals surface area contributed by atoms with Crippen LogP contribution in [0.25, 0.3) is 5.69 Å². The van der Waals surface area contributed by atoms with Crippen molar-refractivity contribution in [2.24, 2.45) is 5.73 Å². The van der Waals surface area contributed by atoms with Crippen LogP contribution in [0.15, 0.2) is 30.9 Å². The van der Waals surface area contributed by atoms with Crippen LogP contribution in [0.2, 0.25) is 0 Å². The summed E-state index contributed by atoms with van der Waals surface area (Å²) in [6, 6.07) is 4.41. The molecule has 0 amide bonds. The van der Waals surface area contributed by atoms with E-state index in [1.165, 1.54) is 29.5 Å². The predicted molar refractivity (Wildman–Crippen MR) is 49.2 cm³/mol. The van der Waals surface area contributed by atoms with Gasteiger partial charge in [-0.1, -0.05) is 6.07 Å². The Morgan fingerprint density at radius 3 is 2.93 bits per heavy atom. The SMILES string of the molecule is NCc1ccc(F)cc1-n1cncn1. The van der Waals surface area contributed by atoms with Crippen LogP contribution in [0, 0.1) is 5.82 Å². The molecule has 0 saturated heterocycles. The van der Waals surface area contributed by atoms with Gasteiger partial charge in [0.2, 0.25) is 0 Å². The second kappa shape index (κ2) is 3.55. The van der Waals surface area contributed by atoms with E-state index in [-0.39, 0.29) is 5.82 Å². The first kappa shape index (κ1) is 8.83. The summed E-state index contributed by atoms with van der Waals surface area (Å²) in [7, 11) is 0. The molecular formula is C9H9FN4. The third kappa shape index (κ3) is 1.49. The van der Waals surface area contributed by atoms with Crippen LogP contribution in [0.1, 0.15) is 5.56 Å². The Bertz CT molecular complexity index is 424. The standard InChI is InChI=1S/C9H9FN4/c10-8-2-1-7(4-11)9(3-8)14-6-12-5-13-14/h1-3,5-6H,4,11H2. The van der Waals surface area contributed by atoms with E-state index in [0.29, 0.717) is 12.2 Å². The van der Waals surface area contributed by atoms with E-state index >= 15 is 0 Å². The molecule has 2 N–H and O–H groups in total. The number of halogens is 1. The van der Waals surface area contributed by atoms with Gasteiger partial charge in [0.15, 0.2) is 0 Å². The van der Waals surface area contributed by atoms with E-state index in [1.807, 2.05) is 0 Å². The molecule has 0 saturated carbocycles. The highest BCUT2D eigenvalue weighted by Crippen LogP contribution is 2.14. The quantitative estimate of drug-likeness (QED) is 0.767. The molecule has 14 heavy (non-hydrogen) atoms. The van der Waals surface area contributed by atoms with Crippen LogP contribution < -0.4 is 5.73 Å². The minimum Gasteiger partial charge on any atom is -0.326 e. The summed E-state index contributed by atoms with van der Waals surface area (Å²) < 4.78 is 14.5. The van der Waals surface area contributed by atoms with Crippen molar-refractivity contribution in [3.8, 4) is 5.69 Å². The fourth-order valence-corrected chi connectivity index (χ4v) is 1.26. The Kier molecular flexibility index (Phi) is 2.24. The number of benzene rings is 1. The van der Waals surface area contributed by atoms with Gasteiger partial charge >= 0.3 is 0 Å². The normalized spacial score (nSPS) is 10.4. The maximum absolute atomic E-state index is 13.0. The van der Waals surface area contributed by atoms with Gasteiger partial charge in [0.1, 0.15) is 18.5 Å². The largest absolute Gasteiger partial charge is 0.326 e. The molecule has 2 rings (SSSR count). The molecule has 1 heterocycles. The van der Waals surface area contributed by atoms with Gasteiger partial charge in [0.25, 0.3) is 0 Å². The second-order valence-corrected chi connectivity index (χ2v) is 2.82. The molecule has 1 aromatic heterocycles. The van der Waals surface area contributed by atoms with Gasteiger partial charge in [-0.2, -0.15) is 5.10 Å². The molecule has 0 aliphatic rings. The molecule has 0 unspecified atom stereocenters. The molecule has 1 aromatic carbocycles. The molecule has 0 atom stereocenters. The smallest absolute Gasteiger partial charge is 0.138 e. The lowest BCUT2D eigenvalue weighted by Crippen LogP contribution is -2.05. The molecule has 0 bridgehead atoms. The Morgan fingerprint density at radius 1 is 1.43 bits per heavy atom. The van der Waals surface area contributed by atoms with E-state index in [1.54, 1.807) is 6.07 Å². The highest BCUT2D eigenvalue weighted by atomic mass is 19.1. The van der Waals surface area contributed by atoms with Crippen LogP contribution in [0.3, 0.4) is 0 Å². The monoisotopic (exact) mass is 192 g/mol. The molecule has 4 nitrogen and oxygen atoms in total. The lowest BCUT2D eigenvalue weighted by Gasteiger charge is -2.06. The third-order valence-electron chi connectivity index (χ3n) is 1.93. The summed E-state index contributed by atoms with van der Waals surface area (Å²) >= 11 is 0. The Hall–Kier alpha value is -1.75. The summed E-state index contributed by atoms with van der Waals surface area (Å²) in [6.07, 6.45) is 2.90. The van der Waals surface area contributed by atoms with E-state index in [9.17, 15) is 4.39 Å². The van der Waals surface area contributed by atoms with Crippen molar-refractivity contribution < 1.29 is 4.39 Å². The summed E-state index contributed by atoms with van der Waals surface area (Å²) in [5, 5.41) is 3.92. The topological polar surface area (TPSA) is 56.7 Å². The second-order valence-electron chi connectivity index (χ2n) is 2.82. The first-order chi connectivity index (χ1) is 6.81. The Labute approximate surface area is 80.2 Å². The van der Waals surface area contributed by atoms with Crippen LogP contribution >= 0.6 is 0 Å². The molecule has 72 valence electrons. The minimum absolute atomic E-state index is 0.312. The Balaban J connectivity index is 2.55. The van der Waals surface area contributed by atoms with Crippen LogP contribution in [-0.4, -0.2) is 14.8 Å². The fourth-order valence-electron chi connectivity index (χ4n) is 1.26. The van der Waals surface area contributed by atoms with Crippen LogP contribution in [0.5, 0.6) is 0 Å². The van der Waals surface area contributed by atoms with E-state index in [0.717, 1.165) is 5.56 Å². The van der Waals surface area contributed by atoms with E-state index < -0.39 is 0 Å². The summed E-state index contributed by atoms with van der Waals surface area (Å²) in [6.45, 7) is 0.343. The summed E-state index contributed by atoms with van der Waals surface area (Å²) in [5.74, 6) is -0.312. The highest BCUT2D eigenvalue weighted by Gasteiger charge is 2.05. The zero-order valence-corrected chi connectivity index (χ0v) is 7.39. The number of hydrogen-bond donors (Lipinski definition) is 1. The van der Waals surface area contributed by atoms with Gasteiger partial charge < -0.3 is 5.73 Å². The van der Waals surface area contributed by atoms with Gasteiger partial charge in [0, 0.05) is 6.54 Å². The molecule has 0 radical (unpaired) electrons. The molecule has 0 fully saturated rings. The van der Waals surface area contributed by atoms with Crippen LogP contribution in [-0.2, 0) is 6.54 Å². The molecule has 2 aromatic rings. The number of aromatic nitrogens is 3. The van der Waals surface area contributed by atoms with Gasteiger partial charge in [0.05, 0.1) is 5.69 Å². The van der Waals surface area contributed by atoms with Crippen molar-refractivity contribution in [1.29, 1.82) is 0 Å². The van der Waals surface area contributed by atoms with E-state index in [2.05, 4.69) is 10.1 Å². The number of hydrogen-bond acceptors (Lipinski definition) is 3.